The van der Waals surface area contributed by atoms with Gasteiger partial charge in [-0.3, -0.25) is 14.5 Å². The maximum atomic E-state index is 13.8. The number of anilines is 2. The number of rotatable bonds is 8. The molecule has 4 rings (SSSR count). The van der Waals surface area contributed by atoms with E-state index in [0.29, 0.717) is 40.1 Å². The van der Waals surface area contributed by atoms with Crippen LogP contribution in [0.25, 0.3) is 10.2 Å². The molecular formula is C26H24N2O4S. The maximum absolute atomic E-state index is 13.8. The molecule has 1 heterocycles. The minimum atomic E-state index is -0.208. The number of nitrogens with zero attached hydrogens (tertiary/aromatic N) is 2. The lowest BCUT2D eigenvalue weighted by Gasteiger charge is -2.23. The number of methoxy groups -OCH3 is 1. The Morgan fingerprint density at radius 3 is 2.48 bits per heavy atom. The number of fused-ring (bicyclic) bond motifs is 1. The van der Waals surface area contributed by atoms with Crippen LogP contribution in [0.3, 0.4) is 0 Å². The number of thiazole rings is 1. The van der Waals surface area contributed by atoms with E-state index in [4.69, 9.17) is 14.5 Å². The van der Waals surface area contributed by atoms with E-state index in [1.54, 1.807) is 30.2 Å². The highest BCUT2D eigenvalue weighted by Gasteiger charge is 2.26. The number of para-hydroxylation sites is 3. The molecule has 0 fully saturated rings. The van der Waals surface area contributed by atoms with Crippen LogP contribution in [0.5, 0.6) is 11.5 Å². The van der Waals surface area contributed by atoms with E-state index in [9.17, 15) is 9.59 Å². The smallest absolute Gasteiger partial charge is 0.238 e. The first-order valence-corrected chi connectivity index (χ1v) is 11.4. The molecule has 6 nitrogen and oxygen atoms in total. The van der Waals surface area contributed by atoms with Crippen LogP contribution in [-0.4, -0.2) is 30.4 Å². The van der Waals surface area contributed by atoms with Gasteiger partial charge in [0.1, 0.15) is 11.5 Å². The number of benzene rings is 3. The molecule has 0 atom stereocenters. The largest absolute Gasteiger partial charge is 0.496 e. The average molecular weight is 461 g/mol. The van der Waals surface area contributed by atoms with Gasteiger partial charge in [0.15, 0.2) is 10.9 Å². The Kier molecular flexibility index (Phi) is 6.70. The molecule has 4 aromatic rings. The number of carbonyl (C=O) groups excluding carboxylic acids is 2. The molecule has 1 aromatic heterocycles. The van der Waals surface area contributed by atoms with Crippen molar-refractivity contribution in [2.75, 3.05) is 18.6 Å². The Hall–Kier alpha value is -3.71. The van der Waals surface area contributed by atoms with Gasteiger partial charge in [0.25, 0.3) is 0 Å². The van der Waals surface area contributed by atoms with Crippen molar-refractivity contribution in [3.05, 3.63) is 77.9 Å². The molecule has 0 saturated carbocycles. The number of hydrogen-bond acceptors (Lipinski definition) is 6. The lowest BCUT2D eigenvalue weighted by Crippen LogP contribution is -2.28. The lowest BCUT2D eigenvalue weighted by atomic mass is 10.0. The number of hydrogen-bond donors (Lipinski definition) is 0. The molecular weight excluding hydrogens is 436 g/mol. The molecule has 0 unspecified atom stereocenters. The molecule has 0 saturated heterocycles. The molecule has 0 spiro atoms. The van der Waals surface area contributed by atoms with Crippen molar-refractivity contribution in [2.24, 2.45) is 0 Å². The Bertz CT molecular complexity index is 1280. The lowest BCUT2D eigenvalue weighted by molar-refractivity contribution is -0.117. The van der Waals surface area contributed by atoms with Crippen LogP contribution >= 0.6 is 11.3 Å². The van der Waals surface area contributed by atoms with Crippen molar-refractivity contribution in [1.29, 1.82) is 0 Å². The third kappa shape index (κ3) is 4.73. The molecule has 0 N–H and O–H groups in total. The highest BCUT2D eigenvalue weighted by molar-refractivity contribution is 7.22. The number of aromatic nitrogens is 1. The van der Waals surface area contributed by atoms with Crippen molar-refractivity contribution < 1.29 is 19.1 Å². The molecule has 3 aromatic carbocycles. The van der Waals surface area contributed by atoms with E-state index >= 15 is 0 Å². The summed E-state index contributed by atoms with van der Waals surface area (Å²) in [4.78, 5) is 32.0. The highest BCUT2D eigenvalue weighted by atomic mass is 32.1. The van der Waals surface area contributed by atoms with Gasteiger partial charge >= 0.3 is 0 Å². The van der Waals surface area contributed by atoms with Crippen molar-refractivity contribution in [2.45, 2.75) is 20.3 Å². The fourth-order valence-electron chi connectivity index (χ4n) is 3.60. The van der Waals surface area contributed by atoms with Crippen molar-refractivity contribution >= 4 is 44.1 Å². The molecule has 168 valence electrons. The fourth-order valence-corrected chi connectivity index (χ4v) is 4.59. The zero-order chi connectivity index (χ0) is 23.4. The molecule has 0 bridgehead atoms. The van der Waals surface area contributed by atoms with E-state index in [2.05, 4.69) is 0 Å². The zero-order valence-corrected chi connectivity index (χ0v) is 19.5. The van der Waals surface area contributed by atoms with Crippen molar-refractivity contribution in [3.63, 3.8) is 0 Å². The van der Waals surface area contributed by atoms with Gasteiger partial charge in [0.05, 0.1) is 36.0 Å². The number of Topliss-reactive ketones (excluding diaryl/α,β-unsaturated/α-hetero) is 1. The standard InChI is InChI=1S/C26H24N2O4S/c1-4-32-23-11-7-6-10-21(23)28(26-27-20-9-5-8-12-24(20)33-26)25(30)16-19-15-18(17(2)29)13-14-22(19)31-3/h5-15H,4,16H2,1-3H3. The Morgan fingerprint density at radius 2 is 1.76 bits per heavy atom. The van der Waals surface area contributed by atoms with Crippen molar-refractivity contribution in [1.82, 2.24) is 4.98 Å². The first-order valence-electron chi connectivity index (χ1n) is 10.6. The van der Waals surface area contributed by atoms with Crippen molar-refractivity contribution in [3.8, 4) is 11.5 Å². The normalized spacial score (nSPS) is 10.8. The van der Waals surface area contributed by atoms with Gasteiger partial charge in [0, 0.05) is 11.1 Å². The first-order chi connectivity index (χ1) is 16.0. The Morgan fingerprint density at radius 1 is 1.00 bits per heavy atom. The van der Waals surface area contributed by atoms with Gasteiger partial charge in [-0.2, -0.15) is 0 Å². The van der Waals surface area contributed by atoms with E-state index in [0.717, 1.165) is 10.2 Å². The number of ketones is 1. The average Bonchev–Trinajstić information content (AvgIpc) is 3.24. The second-order valence-corrected chi connectivity index (χ2v) is 8.36. The summed E-state index contributed by atoms with van der Waals surface area (Å²) in [5, 5.41) is 0.551. The van der Waals surface area contributed by atoms with Gasteiger partial charge in [-0.1, -0.05) is 35.6 Å². The molecule has 0 aliphatic rings. The van der Waals surface area contributed by atoms with E-state index < -0.39 is 0 Å². The van der Waals surface area contributed by atoms with Gasteiger partial charge in [-0.15, -0.1) is 0 Å². The molecule has 0 aliphatic heterocycles. The van der Waals surface area contributed by atoms with Gasteiger partial charge in [0.2, 0.25) is 5.91 Å². The van der Waals surface area contributed by atoms with Crippen LogP contribution < -0.4 is 14.4 Å². The zero-order valence-electron chi connectivity index (χ0n) is 18.7. The van der Waals surface area contributed by atoms with Crippen LogP contribution in [-0.2, 0) is 11.2 Å². The molecule has 0 aliphatic carbocycles. The van der Waals surface area contributed by atoms with Crippen LogP contribution in [0.2, 0.25) is 0 Å². The summed E-state index contributed by atoms with van der Waals surface area (Å²) in [5.41, 5.74) is 2.60. The van der Waals surface area contributed by atoms with Gasteiger partial charge < -0.3 is 9.47 Å². The van der Waals surface area contributed by atoms with Crippen LogP contribution in [0.1, 0.15) is 29.8 Å². The minimum absolute atomic E-state index is 0.0285. The monoisotopic (exact) mass is 460 g/mol. The minimum Gasteiger partial charge on any atom is -0.496 e. The Balaban J connectivity index is 1.81. The maximum Gasteiger partial charge on any atom is 0.238 e. The fraction of sp³-hybridized carbons (Fsp3) is 0.192. The number of ether oxygens (including phenoxy) is 2. The quantitative estimate of drug-likeness (QED) is 0.310. The summed E-state index contributed by atoms with van der Waals surface area (Å²) in [6.45, 7) is 3.87. The summed E-state index contributed by atoms with van der Waals surface area (Å²) in [6.07, 6.45) is 0.0285. The second-order valence-electron chi connectivity index (χ2n) is 7.35. The topological polar surface area (TPSA) is 68.7 Å². The molecule has 7 heteroatoms. The summed E-state index contributed by atoms with van der Waals surface area (Å²) < 4.78 is 12.3. The number of amides is 1. The van der Waals surface area contributed by atoms with E-state index in [1.165, 1.54) is 18.3 Å². The second kappa shape index (κ2) is 9.83. The predicted octanol–water partition coefficient (Wildman–Crippen LogP) is 5.81. The van der Waals surface area contributed by atoms with Gasteiger partial charge in [-0.05, 0) is 56.3 Å². The van der Waals surface area contributed by atoms with E-state index in [1.807, 2.05) is 55.5 Å². The molecule has 0 radical (unpaired) electrons. The summed E-state index contributed by atoms with van der Waals surface area (Å²) in [5.74, 6) is 0.865. The molecule has 33 heavy (non-hydrogen) atoms. The van der Waals surface area contributed by atoms with Crippen LogP contribution in [0.4, 0.5) is 10.8 Å². The molecule has 1 amide bonds. The third-order valence-electron chi connectivity index (χ3n) is 5.16. The predicted molar refractivity (Wildman–Crippen MR) is 131 cm³/mol. The summed E-state index contributed by atoms with van der Waals surface area (Å²) in [6, 6.07) is 20.3. The van der Waals surface area contributed by atoms with Crippen LogP contribution in [0.15, 0.2) is 66.7 Å². The first kappa shape index (κ1) is 22.5. The van der Waals surface area contributed by atoms with Crippen LogP contribution in [0, 0.1) is 0 Å². The Labute approximate surface area is 196 Å². The summed E-state index contributed by atoms with van der Waals surface area (Å²) >= 11 is 1.44. The number of carbonyl (C=O) groups is 2. The SMILES string of the molecule is CCOc1ccccc1N(C(=O)Cc1cc(C(C)=O)ccc1OC)c1nc2ccccc2s1. The van der Waals surface area contributed by atoms with E-state index in [-0.39, 0.29) is 18.1 Å². The third-order valence-corrected chi connectivity index (χ3v) is 6.18. The van der Waals surface area contributed by atoms with Gasteiger partial charge in [-0.25, -0.2) is 4.98 Å². The summed E-state index contributed by atoms with van der Waals surface area (Å²) in [7, 11) is 1.55. The highest BCUT2D eigenvalue weighted by Crippen LogP contribution is 2.38.